The highest BCUT2D eigenvalue weighted by Crippen LogP contribution is 2.15. The normalized spacial score (nSPS) is 28.8. The first kappa shape index (κ1) is 63.5. The van der Waals surface area contributed by atoms with Crippen molar-refractivity contribution in [3.63, 3.8) is 0 Å². The molecule has 2 aliphatic rings. The van der Waals surface area contributed by atoms with Gasteiger partial charge < -0.3 is 56.7 Å². The molecule has 5 amide bonds. The molecule has 2 fully saturated rings. The minimum atomic E-state index is -1.34. The van der Waals surface area contributed by atoms with Gasteiger partial charge in [0.25, 0.3) is 0 Å². The summed E-state index contributed by atoms with van der Waals surface area (Å²) in [5, 5.41) is 50.1. The number of cyclic esters (lactones) is 2. The smallest absolute Gasteiger partial charge is 0.324 e. The topological polar surface area (TPSA) is 283 Å². The lowest BCUT2D eigenvalue weighted by atomic mass is 9.96. The quantitative estimate of drug-likeness (QED) is 0.0822. The van der Waals surface area contributed by atoms with E-state index in [9.17, 15) is 48.9 Å². The van der Waals surface area contributed by atoms with Crippen molar-refractivity contribution >= 4 is 92.0 Å². The number of hydrogen-bond acceptors (Lipinski definition) is 18. The van der Waals surface area contributed by atoms with E-state index in [1.54, 1.807) is 58.9 Å². The Labute approximate surface area is 418 Å². The van der Waals surface area contributed by atoms with E-state index >= 15 is 0 Å². The zero-order valence-corrected chi connectivity index (χ0v) is 43.5. The van der Waals surface area contributed by atoms with E-state index in [1.165, 1.54) is 19.4 Å². The lowest BCUT2D eigenvalue weighted by Gasteiger charge is -2.30. The minimum Gasteiger partial charge on any atom is -0.457 e. The summed E-state index contributed by atoms with van der Waals surface area (Å²) >= 11 is 16.5. The Morgan fingerprint density at radius 1 is 0.701 bits per heavy atom. The molecule has 0 spiro atoms. The zero-order chi connectivity index (χ0) is 51.2. The van der Waals surface area contributed by atoms with Gasteiger partial charge in [-0.2, -0.15) is 50.5 Å². The van der Waals surface area contributed by atoms with E-state index in [4.69, 9.17) is 9.47 Å². The average Bonchev–Trinajstić information content (AvgIpc) is 3.25. The average molecular weight is 1020 g/mol. The van der Waals surface area contributed by atoms with Crippen LogP contribution in [0.3, 0.4) is 0 Å². The van der Waals surface area contributed by atoms with E-state index in [2.05, 4.69) is 102 Å². The van der Waals surface area contributed by atoms with E-state index in [0.29, 0.717) is 24.3 Å². The van der Waals surface area contributed by atoms with Gasteiger partial charge >= 0.3 is 11.9 Å². The van der Waals surface area contributed by atoms with Gasteiger partial charge in [0, 0.05) is 11.5 Å². The van der Waals surface area contributed by atoms with Crippen LogP contribution in [0.1, 0.15) is 93.9 Å². The van der Waals surface area contributed by atoms with Crippen LogP contribution in [0.2, 0.25) is 0 Å². The van der Waals surface area contributed by atoms with Crippen LogP contribution < -0.4 is 37.2 Å². The summed E-state index contributed by atoms with van der Waals surface area (Å²) in [7, 11) is 0. The largest absolute Gasteiger partial charge is 0.457 e. The molecular formula is C44H77N7O12S4. The molecule has 384 valence electrons. The molecule has 0 aromatic rings. The van der Waals surface area contributed by atoms with Gasteiger partial charge in [-0.15, -0.1) is 0 Å². The van der Waals surface area contributed by atoms with Crippen LogP contribution in [-0.4, -0.2) is 147 Å². The predicted octanol–water partition coefficient (Wildman–Crippen LogP) is 0.859. The van der Waals surface area contributed by atoms with Gasteiger partial charge in [0.1, 0.15) is 42.8 Å². The fourth-order valence-electron chi connectivity index (χ4n) is 5.99. The third-order valence-electron chi connectivity index (χ3n) is 9.57. The van der Waals surface area contributed by atoms with Gasteiger partial charge in [0.05, 0.1) is 49.7 Å². The maximum absolute atomic E-state index is 12.9. The van der Waals surface area contributed by atoms with Crippen LogP contribution in [0.15, 0.2) is 36.1 Å². The lowest BCUT2D eigenvalue weighted by Crippen LogP contribution is -2.57. The van der Waals surface area contributed by atoms with Crippen molar-refractivity contribution in [3.05, 3.63) is 36.1 Å². The van der Waals surface area contributed by atoms with Crippen molar-refractivity contribution < 1.29 is 58.4 Å². The van der Waals surface area contributed by atoms with Gasteiger partial charge in [0.2, 0.25) is 29.5 Å². The number of aliphatic hydroxyl groups is 3. The molecule has 2 saturated heterocycles. The molecule has 3 unspecified atom stereocenters. The highest BCUT2D eigenvalue weighted by atomic mass is 32.1. The monoisotopic (exact) mass is 1020 g/mol. The molecule has 67 heavy (non-hydrogen) atoms. The van der Waals surface area contributed by atoms with E-state index in [1.807, 2.05) is 0 Å². The molecule has 23 heteroatoms. The van der Waals surface area contributed by atoms with Gasteiger partial charge in [0.15, 0.2) is 0 Å². The zero-order valence-electron chi connectivity index (χ0n) is 39.9. The standard InChI is InChI=1S/C21H36N4O6S2.C20H33N3O6S2.C3H8/c1-4-14-19(28)25-18(12(2)3)21(30)31-13(7-5-6-8-32)9-16(26)22-10-17(27)23-15(11-33)20(29)24-14;1-11(2)18-15(24)9-17(26)29-13(6-4-5-7-30)8-16(25)21-12(3)19(27)22-14(10-31)20(28)23-18;1-3-2/h4-5,7,12-13,15,18-20,24-25,28-29,32-33H,6,8-11H2,1-3H3,(H,22,26)(H,23,27);4,6,11-15,18,24,30-31H,5,7-10H2,1-3H3,(H,21,25)(H,22,27)(H,23,28);3H2,1-2H3/b7-5+,14-4-;6-4+;/t13-,15-,18+,19?,20?;12-,13-,14-,15+,18?;/m11./s1. The number of ether oxygens (including phenoxy) is 2. The highest BCUT2D eigenvalue weighted by molar-refractivity contribution is 7.80. The molecule has 2 aliphatic heterocycles. The minimum absolute atomic E-state index is 0.0131. The number of allylic oxidation sites excluding steroid dienone is 3. The first-order valence-corrected chi connectivity index (χ1v) is 25.0. The molecule has 0 aromatic heterocycles. The van der Waals surface area contributed by atoms with Crippen LogP contribution in [0, 0.1) is 11.8 Å². The number of carbonyl (C=O) groups excluding carboxylic acids is 7. The fourth-order valence-corrected chi connectivity index (χ4v) is 6.84. The second-order valence-electron chi connectivity index (χ2n) is 16.3. The van der Waals surface area contributed by atoms with Gasteiger partial charge in [-0.05, 0) is 62.2 Å². The summed E-state index contributed by atoms with van der Waals surface area (Å²) in [6, 6.07) is -4.35. The number of thiol groups is 4. The molecule has 2 rings (SSSR count). The van der Waals surface area contributed by atoms with Crippen LogP contribution in [0.4, 0.5) is 0 Å². The van der Waals surface area contributed by atoms with Crippen molar-refractivity contribution in [2.75, 3.05) is 29.6 Å². The van der Waals surface area contributed by atoms with Crippen LogP contribution in [0.25, 0.3) is 0 Å². The van der Waals surface area contributed by atoms with E-state index in [0.717, 1.165) is 0 Å². The van der Waals surface area contributed by atoms with Crippen molar-refractivity contribution in [2.24, 2.45) is 11.8 Å². The van der Waals surface area contributed by atoms with Crippen molar-refractivity contribution in [1.82, 2.24) is 37.2 Å². The number of esters is 2. The molecule has 19 nitrogen and oxygen atoms in total. The summed E-state index contributed by atoms with van der Waals surface area (Å²) < 4.78 is 10.9. The van der Waals surface area contributed by atoms with Gasteiger partial charge in [-0.25, -0.2) is 0 Å². The first-order chi connectivity index (χ1) is 31.6. The number of nitrogens with one attached hydrogen (secondary N) is 7. The molecule has 0 radical (unpaired) electrons. The maximum atomic E-state index is 12.9. The predicted molar refractivity (Wildman–Crippen MR) is 270 cm³/mol. The summed E-state index contributed by atoms with van der Waals surface area (Å²) in [4.78, 5) is 87.4. The number of aliphatic hydroxyl groups excluding tert-OH is 3. The maximum Gasteiger partial charge on any atom is 0.324 e. The molecule has 0 aliphatic carbocycles. The Hall–Kier alpha value is -3.45. The Balaban J connectivity index is 0.00000123. The van der Waals surface area contributed by atoms with Crippen LogP contribution in [-0.2, 0) is 43.0 Å². The van der Waals surface area contributed by atoms with Crippen LogP contribution >= 0.6 is 50.5 Å². The SMILES string of the molecule is C/C=C1\NC(O)[C@@H](CS)NC(=O)CNC(=O)C[C@@H](/C=C/CCS)OC(=O)[C@H](C(C)C)NC1O.CC(C)C1NC(=O)[C@@H](CS)NC(=O)[C@@H](C)NC(=O)C[C@@H](/C=C/CCS)OC(=O)C[C@@H]1O.CCC. The third kappa shape index (κ3) is 26.2. The van der Waals surface area contributed by atoms with Crippen molar-refractivity contribution in [1.29, 1.82) is 0 Å². The second-order valence-corrected chi connectivity index (χ2v) is 18.0. The van der Waals surface area contributed by atoms with Gasteiger partial charge in [-0.3, -0.25) is 38.9 Å². The Kier molecular flexibility index (Phi) is 33.8. The second kappa shape index (κ2) is 35.6. The first-order valence-electron chi connectivity index (χ1n) is 22.5. The van der Waals surface area contributed by atoms with E-state index < -0.39 is 102 Å². The number of rotatable bonds is 10. The molecule has 0 bridgehead atoms. The van der Waals surface area contributed by atoms with E-state index in [-0.39, 0.29) is 54.8 Å². The molecular weight excluding hydrogens is 947 g/mol. The van der Waals surface area contributed by atoms with Crippen LogP contribution in [0.5, 0.6) is 0 Å². The Bertz CT molecular complexity index is 1640. The highest BCUT2D eigenvalue weighted by Gasteiger charge is 2.33. The summed E-state index contributed by atoms with van der Waals surface area (Å²) in [6.45, 7) is 14.2. The summed E-state index contributed by atoms with van der Waals surface area (Å²) in [5.74, 6) is -3.16. The third-order valence-corrected chi connectivity index (χ3v) is 10.8. The number of amides is 5. The number of carbonyl (C=O) groups is 7. The molecule has 0 aromatic carbocycles. The summed E-state index contributed by atoms with van der Waals surface area (Å²) in [6.07, 6.45) is 4.41. The Morgan fingerprint density at radius 2 is 1.27 bits per heavy atom. The lowest BCUT2D eigenvalue weighted by molar-refractivity contribution is -0.153. The van der Waals surface area contributed by atoms with Crippen molar-refractivity contribution in [2.45, 2.75) is 155 Å². The summed E-state index contributed by atoms with van der Waals surface area (Å²) in [5.41, 5.74) is 0.201. The Morgan fingerprint density at radius 3 is 1.78 bits per heavy atom. The number of hydrogen-bond donors (Lipinski definition) is 14. The molecule has 10 N–H and O–H groups in total. The fraction of sp³-hybridized carbons (Fsp3) is 0.705. The molecule has 0 saturated carbocycles. The molecule has 2 heterocycles. The van der Waals surface area contributed by atoms with Gasteiger partial charge in [-0.1, -0.05) is 66.2 Å². The van der Waals surface area contributed by atoms with Crippen molar-refractivity contribution in [3.8, 4) is 0 Å². The molecule has 10 atom stereocenters.